The van der Waals surface area contributed by atoms with Crippen molar-refractivity contribution >= 4 is 28.8 Å². The first-order chi connectivity index (χ1) is 14.2. The van der Waals surface area contributed by atoms with Crippen LogP contribution in [0.25, 0.3) is 0 Å². The summed E-state index contributed by atoms with van der Waals surface area (Å²) < 4.78 is 5.15. The first-order valence-corrected chi connectivity index (χ1v) is 9.61. The molecule has 1 amide bonds. The lowest BCUT2D eigenvalue weighted by atomic mass is 10.2. The van der Waals surface area contributed by atoms with Gasteiger partial charge in [-0.2, -0.15) is 0 Å². The largest absolute Gasteiger partial charge is 0.497 e. The van der Waals surface area contributed by atoms with Gasteiger partial charge in [-0.25, -0.2) is 9.97 Å². The highest BCUT2D eigenvalue weighted by Crippen LogP contribution is 2.23. The van der Waals surface area contributed by atoms with Crippen LogP contribution < -0.4 is 20.3 Å². The molecule has 0 saturated carbocycles. The maximum atomic E-state index is 12.6. The van der Waals surface area contributed by atoms with Crippen LogP contribution >= 0.6 is 0 Å². The minimum Gasteiger partial charge on any atom is -0.497 e. The Morgan fingerprint density at radius 3 is 2.34 bits per heavy atom. The van der Waals surface area contributed by atoms with E-state index >= 15 is 0 Å². The van der Waals surface area contributed by atoms with Gasteiger partial charge in [0, 0.05) is 36.2 Å². The summed E-state index contributed by atoms with van der Waals surface area (Å²) in [5.41, 5.74) is 3.06. The van der Waals surface area contributed by atoms with Gasteiger partial charge < -0.3 is 20.3 Å². The van der Waals surface area contributed by atoms with E-state index < -0.39 is 0 Å². The van der Waals surface area contributed by atoms with Crippen molar-refractivity contribution in [3.05, 3.63) is 66.6 Å². The molecule has 0 atom stereocenters. The number of hydrogen-bond acceptors (Lipinski definition) is 6. The standard InChI is InChI=1S/C22H23N5O2/c1-29-19-10-6-16(7-11-19)25-21-14-20(23-15-24-21)22(28)26-17-4-8-18(9-5-17)27-12-2-3-13-27/h4-11,14-15H,2-3,12-13H2,1H3,(H,26,28)(H,23,24,25). The van der Waals surface area contributed by atoms with Crippen molar-refractivity contribution in [2.24, 2.45) is 0 Å². The Kier molecular flexibility index (Phi) is 5.56. The Labute approximate surface area is 169 Å². The number of methoxy groups -OCH3 is 1. The molecule has 1 aliphatic rings. The molecular weight excluding hydrogens is 366 g/mol. The molecule has 1 aromatic heterocycles. The number of anilines is 4. The van der Waals surface area contributed by atoms with Crippen molar-refractivity contribution in [2.75, 3.05) is 35.7 Å². The summed E-state index contributed by atoms with van der Waals surface area (Å²) in [5, 5.41) is 6.05. The zero-order valence-corrected chi connectivity index (χ0v) is 16.3. The second kappa shape index (κ2) is 8.60. The molecule has 0 radical (unpaired) electrons. The summed E-state index contributed by atoms with van der Waals surface area (Å²) in [6, 6.07) is 17.0. The molecule has 0 unspecified atom stereocenters. The van der Waals surface area contributed by atoms with Crippen LogP contribution in [-0.4, -0.2) is 36.1 Å². The third kappa shape index (κ3) is 4.63. The van der Waals surface area contributed by atoms with Crippen molar-refractivity contribution in [3.8, 4) is 5.75 Å². The number of carbonyl (C=O) groups is 1. The van der Waals surface area contributed by atoms with Gasteiger partial charge in [-0.1, -0.05) is 0 Å². The Bertz CT molecular complexity index is 967. The lowest BCUT2D eigenvalue weighted by Gasteiger charge is -2.17. The summed E-state index contributed by atoms with van der Waals surface area (Å²) in [6.07, 6.45) is 3.84. The summed E-state index contributed by atoms with van der Waals surface area (Å²) in [5.74, 6) is 1.04. The van der Waals surface area contributed by atoms with Gasteiger partial charge in [-0.05, 0) is 61.4 Å². The minimum absolute atomic E-state index is 0.279. The Morgan fingerprint density at radius 1 is 0.966 bits per heavy atom. The number of carbonyl (C=O) groups excluding carboxylic acids is 1. The maximum absolute atomic E-state index is 12.6. The Hall–Kier alpha value is -3.61. The second-order valence-corrected chi connectivity index (χ2v) is 6.84. The fourth-order valence-electron chi connectivity index (χ4n) is 3.30. The molecule has 0 bridgehead atoms. The topological polar surface area (TPSA) is 79.4 Å². The third-order valence-corrected chi connectivity index (χ3v) is 4.86. The van der Waals surface area contributed by atoms with Gasteiger partial charge in [0.05, 0.1) is 7.11 Å². The fourth-order valence-corrected chi connectivity index (χ4v) is 3.30. The van der Waals surface area contributed by atoms with Gasteiger partial charge >= 0.3 is 0 Å². The molecule has 0 aliphatic carbocycles. The Morgan fingerprint density at radius 2 is 1.66 bits per heavy atom. The van der Waals surface area contributed by atoms with Crippen molar-refractivity contribution in [3.63, 3.8) is 0 Å². The number of nitrogens with one attached hydrogen (secondary N) is 2. The van der Waals surface area contributed by atoms with Gasteiger partial charge in [0.25, 0.3) is 5.91 Å². The molecule has 1 fully saturated rings. The van der Waals surface area contributed by atoms with E-state index in [1.807, 2.05) is 48.5 Å². The van der Waals surface area contributed by atoms with Crippen LogP contribution in [0.15, 0.2) is 60.9 Å². The Balaban J connectivity index is 1.41. The van der Waals surface area contributed by atoms with Gasteiger partial charge in [-0.3, -0.25) is 4.79 Å². The summed E-state index contributed by atoms with van der Waals surface area (Å²) in [7, 11) is 1.62. The number of hydrogen-bond donors (Lipinski definition) is 2. The van der Waals surface area contributed by atoms with E-state index in [0.717, 1.165) is 30.2 Å². The summed E-state index contributed by atoms with van der Waals surface area (Å²) in [4.78, 5) is 23.2. The molecular formula is C22H23N5O2. The molecule has 2 heterocycles. The molecule has 148 valence electrons. The van der Waals surface area contributed by atoms with Crippen LogP contribution in [0.4, 0.5) is 22.9 Å². The first kappa shape index (κ1) is 18.7. The van der Waals surface area contributed by atoms with Gasteiger partial charge in [0.15, 0.2) is 0 Å². The first-order valence-electron chi connectivity index (χ1n) is 9.61. The minimum atomic E-state index is -0.279. The molecule has 7 nitrogen and oxygen atoms in total. The number of aromatic nitrogens is 2. The molecule has 3 aromatic rings. The third-order valence-electron chi connectivity index (χ3n) is 4.86. The zero-order chi connectivity index (χ0) is 20.1. The average molecular weight is 389 g/mol. The molecule has 4 rings (SSSR count). The molecule has 1 aliphatic heterocycles. The maximum Gasteiger partial charge on any atom is 0.274 e. The van der Waals surface area contributed by atoms with E-state index in [1.165, 1.54) is 24.9 Å². The lowest BCUT2D eigenvalue weighted by Crippen LogP contribution is -2.18. The predicted octanol–water partition coefficient (Wildman–Crippen LogP) is 4.08. The highest BCUT2D eigenvalue weighted by molar-refractivity contribution is 6.03. The number of amides is 1. The van der Waals surface area contributed by atoms with Crippen molar-refractivity contribution < 1.29 is 9.53 Å². The summed E-state index contributed by atoms with van der Waals surface area (Å²) in [6.45, 7) is 2.19. The van der Waals surface area contributed by atoms with E-state index in [9.17, 15) is 4.79 Å². The van der Waals surface area contributed by atoms with Crippen LogP contribution in [0.5, 0.6) is 5.75 Å². The van der Waals surface area contributed by atoms with Crippen LogP contribution in [0, 0.1) is 0 Å². The highest BCUT2D eigenvalue weighted by atomic mass is 16.5. The molecule has 7 heteroatoms. The van der Waals surface area contributed by atoms with Crippen LogP contribution in [0.1, 0.15) is 23.3 Å². The van der Waals surface area contributed by atoms with E-state index in [0.29, 0.717) is 11.5 Å². The zero-order valence-electron chi connectivity index (χ0n) is 16.3. The number of ether oxygens (including phenoxy) is 1. The second-order valence-electron chi connectivity index (χ2n) is 6.84. The quantitative estimate of drug-likeness (QED) is 0.661. The van der Waals surface area contributed by atoms with Gasteiger partial charge in [-0.15, -0.1) is 0 Å². The monoisotopic (exact) mass is 389 g/mol. The van der Waals surface area contributed by atoms with E-state index in [2.05, 4.69) is 25.5 Å². The summed E-state index contributed by atoms with van der Waals surface area (Å²) >= 11 is 0. The predicted molar refractivity (Wildman–Crippen MR) is 114 cm³/mol. The smallest absolute Gasteiger partial charge is 0.274 e. The van der Waals surface area contributed by atoms with Gasteiger partial charge in [0.2, 0.25) is 0 Å². The molecule has 2 N–H and O–H groups in total. The average Bonchev–Trinajstić information content (AvgIpc) is 3.30. The molecule has 29 heavy (non-hydrogen) atoms. The van der Waals surface area contributed by atoms with E-state index in [1.54, 1.807) is 13.2 Å². The SMILES string of the molecule is COc1ccc(Nc2cc(C(=O)Nc3ccc(N4CCCC4)cc3)ncn2)cc1. The van der Waals surface area contributed by atoms with Crippen molar-refractivity contribution in [1.29, 1.82) is 0 Å². The van der Waals surface area contributed by atoms with Crippen molar-refractivity contribution in [2.45, 2.75) is 12.8 Å². The van der Waals surface area contributed by atoms with Crippen molar-refractivity contribution in [1.82, 2.24) is 9.97 Å². The molecule has 1 saturated heterocycles. The van der Waals surface area contributed by atoms with Crippen LogP contribution in [0.2, 0.25) is 0 Å². The van der Waals surface area contributed by atoms with Gasteiger partial charge in [0.1, 0.15) is 23.6 Å². The molecule has 2 aromatic carbocycles. The normalized spacial score (nSPS) is 13.2. The van der Waals surface area contributed by atoms with E-state index in [-0.39, 0.29) is 5.91 Å². The number of rotatable bonds is 6. The number of nitrogens with zero attached hydrogens (tertiary/aromatic N) is 3. The fraction of sp³-hybridized carbons (Fsp3) is 0.227. The van der Waals surface area contributed by atoms with Crippen LogP contribution in [0.3, 0.4) is 0 Å². The highest BCUT2D eigenvalue weighted by Gasteiger charge is 2.13. The van der Waals surface area contributed by atoms with E-state index in [4.69, 9.17) is 4.74 Å². The number of benzene rings is 2. The molecule has 0 spiro atoms. The lowest BCUT2D eigenvalue weighted by molar-refractivity contribution is 0.102. The van der Waals surface area contributed by atoms with Crippen LogP contribution in [-0.2, 0) is 0 Å².